The summed E-state index contributed by atoms with van der Waals surface area (Å²) in [6.45, 7) is 1.79. The molecule has 102 valence electrons. The minimum absolute atomic E-state index is 0. The molecule has 0 spiro atoms. The van der Waals surface area contributed by atoms with Crippen LogP contribution in [-0.4, -0.2) is 38.0 Å². The molecule has 0 heterocycles. The van der Waals surface area contributed by atoms with Crippen LogP contribution in [0.5, 0.6) is 0 Å². The van der Waals surface area contributed by atoms with Crippen molar-refractivity contribution in [1.82, 2.24) is 9.80 Å². The topological polar surface area (TPSA) is 6.48 Å². The van der Waals surface area contributed by atoms with E-state index in [0.29, 0.717) is 0 Å². The van der Waals surface area contributed by atoms with Crippen molar-refractivity contribution in [2.75, 3.05) is 28.2 Å². The Morgan fingerprint density at radius 1 is 1.06 bits per heavy atom. The standard InChI is InChI=1S/C14H18IN2.Au/c1-6-11-7-12(9-16(2)3)14(15)13(8-11)10-17(4)5;/h7-8H,9-10H2,2-5H3;/q-1;+1. The van der Waals surface area contributed by atoms with Crippen LogP contribution in [0.25, 0.3) is 0 Å². The summed E-state index contributed by atoms with van der Waals surface area (Å²) >= 11 is 2.40. The molecule has 0 aliphatic rings. The third-order valence-electron chi connectivity index (χ3n) is 2.34. The second kappa shape index (κ2) is 8.36. The maximum atomic E-state index is 7.29. The van der Waals surface area contributed by atoms with Gasteiger partial charge in [0, 0.05) is 16.7 Å². The molecule has 1 aromatic rings. The average Bonchev–Trinajstić information content (AvgIpc) is 2.22. The van der Waals surface area contributed by atoms with E-state index in [0.717, 1.165) is 18.7 Å². The van der Waals surface area contributed by atoms with E-state index in [1.165, 1.54) is 14.7 Å². The molecule has 0 fully saturated rings. The summed E-state index contributed by atoms with van der Waals surface area (Å²) in [5, 5.41) is 0. The summed E-state index contributed by atoms with van der Waals surface area (Å²) < 4.78 is 1.30. The van der Waals surface area contributed by atoms with Crippen LogP contribution in [-0.2, 0) is 35.5 Å². The molecule has 0 bridgehead atoms. The summed E-state index contributed by atoms with van der Waals surface area (Å²) in [7, 11) is 8.23. The third-order valence-corrected chi connectivity index (χ3v) is 3.73. The maximum Gasteiger partial charge on any atom is 1.00 e. The molecule has 0 aliphatic carbocycles. The largest absolute Gasteiger partial charge is 1.00 e. The zero-order valence-corrected chi connectivity index (χ0v) is 15.5. The number of halogens is 1. The molecule has 4 heteroatoms. The Morgan fingerprint density at radius 2 is 1.44 bits per heavy atom. The SMILES string of the molecule is [Au+].[C-]#Cc1cc(CN(C)C)c(I)c(CN(C)C)c1. The van der Waals surface area contributed by atoms with Gasteiger partial charge in [-0.1, -0.05) is 0 Å². The number of rotatable bonds is 4. The molecular formula is C14H18AuIN2. The molecular weight excluding hydrogens is 520 g/mol. The smallest absolute Gasteiger partial charge is 0.366 e. The predicted octanol–water partition coefficient (Wildman–Crippen LogP) is 2.35. The first-order valence-corrected chi connectivity index (χ1v) is 6.55. The predicted molar refractivity (Wildman–Crippen MR) is 80.2 cm³/mol. The summed E-state index contributed by atoms with van der Waals surface area (Å²) in [5.74, 6) is 2.49. The molecule has 0 aromatic heterocycles. The zero-order valence-electron chi connectivity index (χ0n) is 11.1. The fourth-order valence-electron chi connectivity index (χ4n) is 1.73. The number of hydrogen-bond donors (Lipinski definition) is 0. The molecule has 0 N–H and O–H groups in total. The van der Waals surface area contributed by atoms with Gasteiger partial charge in [-0.3, -0.25) is 5.92 Å². The molecule has 0 aliphatic heterocycles. The molecule has 0 atom stereocenters. The molecule has 18 heavy (non-hydrogen) atoms. The van der Waals surface area contributed by atoms with E-state index in [1.807, 2.05) is 12.1 Å². The number of hydrogen-bond acceptors (Lipinski definition) is 2. The summed E-state index contributed by atoms with van der Waals surface area (Å²) in [6.07, 6.45) is 7.29. The van der Waals surface area contributed by atoms with Gasteiger partial charge < -0.3 is 16.2 Å². The van der Waals surface area contributed by atoms with Crippen LogP contribution in [0.15, 0.2) is 12.1 Å². The van der Waals surface area contributed by atoms with Gasteiger partial charge in [0.25, 0.3) is 0 Å². The summed E-state index contributed by atoms with van der Waals surface area (Å²) in [6, 6.07) is 4.10. The normalized spacial score (nSPS) is 10.3. The Bertz CT molecular complexity index is 405. The Labute approximate surface area is 140 Å². The van der Waals surface area contributed by atoms with E-state index >= 15 is 0 Å². The van der Waals surface area contributed by atoms with Gasteiger partial charge in [-0.15, -0.1) is 17.7 Å². The van der Waals surface area contributed by atoms with E-state index in [2.05, 4.69) is 66.5 Å². The van der Waals surface area contributed by atoms with Crippen LogP contribution in [0, 0.1) is 15.9 Å². The summed E-state index contributed by atoms with van der Waals surface area (Å²) in [5.41, 5.74) is 3.40. The van der Waals surface area contributed by atoms with Crippen molar-refractivity contribution < 1.29 is 22.4 Å². The van der Waals surface area contributed by atoms with Crippen molar-refractivity contribution >= 4 is 22.6 Å². The minimum atomic E-state index is 0. The minimum Gasteiger partial charge on any atom is -0.366 e. The monoisotopic (exact) mass is 538 g/mol. The second-order valence-corrected chi connectivity index (χ2v) is 5.79. The second-order valence-electron chi connectivity index (χ2n) is 4.71. The molecule has 0 saturated carbocycles. The van der Waals surface area contributed by atoms with Crippen LogP contribution >= 0.6 is 22.6 Å². The van der Waals surface area contributed by atoms with Crippen LogP contribution in [0.1, 0.15) is 16.7 Å². The van der Waals surface area contributed by atoms with Crippen molar-refractivity contribution in [2.24, 2.45) is 0 Å². The van der Waals surface area contributed by atoms with Crippen LogP contribution in [0.3, 0.4) is 0 Å². The molecule has 0 unspecified atom stereocenters. The molecule has 2 nitrogen and oxygen atoms in total. The fraction of sp³-hybridized carbons (Fsp3) is 0.429. The van der Waals surface area contributed by atoms with Gasteiger partial charge in [-0.2, -0.15) is 0 Å². The molecule has 0 saturated heterocycles. The van der Waals surface area contributed by atoms with Crippen molar-refractivity contribution in [2.45, 2.75) is 13.1 Å². The van der Waals surface area contributed by atoms with Crippen LogP contribution in [0.2, 0.25) is 0 Å². The van der Waals surface area contributed by atoms with Gasteiger partial charge in [-0.25, -0.2) is 0 Å². The van der Waals surface area contributed by atoms with E-state index in [-0.39, 0.29) is 22.4 Å². The van der Waals surface area contributed by atoms with Crippen molar-refractivity contribution in [3.8, 4) is 5.92 Å². The number of benzene rings is 1. The Hall–Kier alpha value is 0.170. The van der Waals surface area contributed by atoms with E-state index in [1.54, 1.807) is 0 Å². The molecule has 1 aromatic carbocycles. The van der Waals surface area contributed by atoms with E-state index in [4.69, 9.17) is 6.42 Å². The van der Waals surface area contributed by atoms with Crippen LogP contribution < -0.4 is 0 Å². The maximum absolute atomic E-state index is 7.29. The van der Waals surface area contributed by atoms with Gasteiger partial charge in [0.15, 0.2) is 0 Å². The van der Waals surface area contributed by atoms with Crippen molar-refractivity contribution in [1.29, 1.82) is 0 Å². The van der Waals surface area contributed by atoms with E-state index < -0.39 is 0 Å². The Morgan fingerprint density at radius 3 is 1.72 bits per heavy atom. The zero-order chi connectivity index (χ0) is 13.0. The summed E-state index contributed by atoms with van der Waals surface area (Å²) in [4.78, 5) is 4.29. The van der Waals surface area contributed by atoms with Crippen molar-refractivity contribution in [3.63, 3.8) is 0 Å². The first-order chi connectivity index (χ1) is 7.93. The Kier molecular flexibility index (Phi) is 8.44. The Balaban J connectivity index is 0.00000289. The van der Waals surface area contributed by atoms with Crippen molar-refractivity contribution in [3.05, 3.63) is 38.8 Å². The number of nitrogens with zero attached hydrogens (tertiary/aromatic N) is 2. The van der Waals surface area contributed by atoms with Gasteiger partial charge in [0.2, 0.25) is 0 Å². The molecule has 0 amide bonds. The fourth-order valence-corrected chi connectivity index (χ4v) is 2.39. The third kappa shape index (κ3) is 5.43. The molecule has 0 radical (unpaired) electrons. The van der Waals surface area contributed by atoms with E-state index in [9.17, 15) is 0 Å². The van der Waals surface area contributed by atoms with Gasteiger partial charge in [0.05, 0.1) is 0 Å². The first-order valence-electron chi connectivity index (χ1n) is 5.47. The van der Waals surface area contributed by atoms with Gasteiger partial charge >= 0.3 is 22.4 Å². The molecule has 1 rings (SSSR count). The quantitative estimate of drug-likeness (QED) is 0.252. The first kappa shape index (κ1) is 18.2. The van der Waals surface area contributed by atoms with Crippen LogP contribution in [0.4, 0.5) is 0 Å². The van der Waals surface area contributed by atoms with Gasteiger partial charge in [-0.05, 0) is 61.9 Å². The van der Waals surface area contributed by atoms with Gasteiger partial charge in [0.1, 0.15) is 0 Å². The average molecular weight is 538 g/mol.